The van der Waals surface area contributed by atoms with Crippen molar-refractivity contribution in [2.45, 2.75) is 42.6 Å². The molecule has 0 saturated carbocycles. The Labute approximate surface area is 112 Å². The molecule has 0 spiro atoms. The van der Waals surface area contributed by atoms with E-state index in [-0.39, 0.29) is 5.25 Å². The zero-order valence-corrected chi connectivity index (χ0v) is 12.1. The highest BCUT2D eigenvalue weighted by Gasteiger charge is 2.31. The van der Waals surface area contributed by atoms with Crippen LogP contribution in [0.4, 0.5) is 0 Å². The molecule has 4 atom stereocenters. The first kappa shape index (κ1) is 13.2. The summed E-state index contributed by atoms with van der Waals surface area (Å²) in [5.74, 6) is 1.02. The van der Waals surface area contributed by atoms with E-state index in [0.717, 1.165) is 17.0 Å². The van der Waals surface area contributed by atoms with Gasteiger partial charge in [-0.05, 0) is 18.6 Å². The van der Waals surface area contributed by atoms with E-state index in [4.69, 9.17) is 0 Å². The first-order valence-electron chi connectivity index (χ1n) is 5.95. The molecule has 0 aliphatic carbocycles. The number of hydrogen-bond donors (Lipinski definition) is 1. The number of hydrogen-bond acceptors (Lipinski definition) is 4. The van der Waals surface area contributed by atoms with Crippen LogP contribution in [0.2, 0.25) is 0 Å². The van der Waals surface area contributed by atoms with Gasteiger partial charge in [-0.15, -0.1) is 0 Å². The van der Waals surface area contributed by atoms with Crippen molar-refractivity contribution in [2.75, 3.05) is 5.75 Å². The van der Waals surface area contributed by atoms with Gasteiger partial charge in [-0.1, -0.05) is 19.9 Å². The SMILES string of the molecule is Cc1ccc(C(O)C2CSC(C)C(C)S2)cn1. The summed E-state index contributed by atoms with van der Waals surface area (Å²) in [6.45, 7) is 6.47. The third kappa shape index (κ3) is 3.18. The van der Waals surface area contributed by atoms with Crippen molar-refractivity contribution in [3.63, 3.8) is 0 Å². The average molecular weight is 269 g/mol. The fourth-order valence-electron chi connectivity index (χ4n) is 1.84. The molecule has 94 valence electrons. The lowest BCUT2D eigenvalue weighted by Crippen LogP contribution is -2.30. The van der Waals surface area contributed by atoms with E-state index >= 15 is 0 Å². The van der Waals surface area contributed by atoms with Crippen molar-refractivity contribution in [1.82, 2.24) is 4.98 Å². The van der Waals surface area contributed by atoms with Crippen LogP contribution in [0.15, 0.2) is 18.3 Å². The van der Waals surface area contributed by atoms with Crippen molar-refractivity contribution >= 4 is 23.5 Å². The minimum absolute atomic E-state index is 0.288. The van der Waals surface area contributed by atoms with Crippen molar-refractivity contribution in [3.8, 4) is 0 Å². The second kappa shape index (κ2) is 5.63. The van der Waals surface area contributed by atoms with Gasteiger partial charge in [-0.25, -0.2) is 0 Å². The van der Waals surface area contributed by atoms with Gasteiger partial charge in [0.25, 0.3) is 0 Å². The van der Waals surface area contributed by atoms with E-state index in [1.807, 2.05) is 42.6 Å². The fourth-order valence-corrected chi connectivity index (χ4v) is 4.85. The first-order valence-corrected chi connectivity index (χ1v) is 7.94. The Hall–Kier alpha value is -0.190. The maximum absolute atomic E-state index is 10.4. The third-order valence-corrected chi connectivity index (χ3v) is 6.68. The zero-order valence-electron chi connectivity index (χ0n) is 10.5. The predicted molar refractivity (Wildman–Crippen MR) is 76.7 cm³/mol. The lowest BCUT2D eigenvalue weighted by Gasteiger charge is -2.33. The zero-order chi connectivity index (χ0) is 12.4. The van der Waals surface area contributed by atoms with Crippen molar-refractivity contribution in [2.24, 2.45) is 0 Å². The lowest BCUT2D eigenvalue weighted by atomic mass is 10.1. The van der Waals surface area contributed by atoms with Crippen LogP contribution in [0.5, 0.6) is 0 Å². The molecule has 0 aromatic carbocycles. The molecule has 4 heteroatoms. The lowest BCUT2D eigenvalue weighted by molar-refractivity contribution is 0.179. The third-order valence-electron chi connectivity index (χ3n) is 3.20. The minimum Gasteiger partial charge on any atom is -0.387 e. The summed E-state index contributed by atoms with van der Waals surface area (Å²) in [5.41, 5.74) is 1.93. The molecule has 1 aliphatic rings. The Kier molecular flexibility index (Phi) is 4.39. The van der Waals surface area contributed by atoms with Gasteiger partial charge in [-0.3, -0.25) is 4.98 Å². The molecule has 1 aromatic rings. The van der Waals surface area contributed by atoms with Crippen LogP contribution in [0, 0.1) is 6.92 Å². The Morgan fingerprint density at radius 1 is 1.35 bits per heavy atom. The summed E-state index contributed by atoms with van der Waals surface area (Å²) >= 11 is 3.86. The summed E-state index contributed by atoms with van der Waals surface area (Å²) in [6, 6.07) is 3.95. The molecule has 1 aliphatic heterocycles. The van der Waals surface area contributed by atoms with Gasteiger partial charge in [-0.2, -0.15) is 23.5 Å². The summed E-state index contributed by atoms with van der Waals surface area (Å²) in [7, 11) is 0. The molecule has 1 N–H and O–H groups in total. The number of aromatic nitrogens is 1. The minimum atomic E-state index is -0.393. The molecule has 2 rings (SSSR count). The normalized spacial score (nSPS) is 31.2. The molecule has 2 nitrogen and oxygen atoms in total. The maximum Gasteiger partial charge on any atom is 0.0931 e. The number of aliphatic hydroxyl groups excluding tert-OH is 1. The molecule has 2 heterocycles. The Bertz CT molecular complexity index is 368. The van der Waals surface area contributed by atoms with Crippen LogP contribution in [0.1, 0.15) is 31.2 Å². The Morgan fingerprint density at radius 3 is 2.71 bits per heavy atom. The molecule has 1 aromatic heterocycles. The first-order chi connectivity index (χ1) is 8.08. The van der Waals surface area contributed by atoms with Gasteiger partial charge in [0.2, 0.25) is 0 Å². The summed E-state index contributed by atoms with van der Waals surface area (Å²) < 4.78 is 0. The van der Waals surface area contributed by atoms with Crippen LogP contribution >= 0.6 is 23.5 Å². The van der Waals surface area contributed by atoms with E-state index in [1.54, 1.807) is 6.20 Å². The van der Waals surface area contributed by atoms with Gasteiger partial charge in [0, 0.05) is 33.4 Å². The molecule has 4 unspecified atom stereocenters. The summed E-state index contributed by atoms with van der Waals surface area (Å²) in [6.07, 6.45) is 1.41. The molecule has 0 radical (unpaired) electrons. The van der Waals surface area contributed by atoms with Crippen molar-refractivity contribution < 1.29 is 5.11 Å². The summed E-state index contributed by atoms with van der Waals surface area (Å²) in [4.78, 5) is 4.25. The number of thioether (sulfide) groups is 2. The predicted octanol–water partition coefficient (Wildman–Crippen LogP) is 3.05. The molecular weight excluding hydrogens is 250 g/mol. The molecule has 17 heavy (non-hydrogen) atoms. The topological polar surface area (TPSA) is 33.1 Å². The second-order valence-electron chi connectivity index (χ2n) is 4.60. The maximum atomic E-state index is 10.4. The highest BCUT2D eigenvalue weighted by atomic mass is 32.2. The Morgan fingerprint density at radius 2 is 2.12 bits per heavy atom. The number of aliphatic hydroxyl groups is 1. The number of pyridine rings is 1. The van der Waals surface area contributed by atoms with Crippen molar-refractivity contribution in [1.29, 1.82) is 0 Å². The molecule has 0 amide bonds. The fraction of sp³-hybridized carbons (Fsp3) is 0.615. The number of rotatable bonds is 2. The van der Waals surface area contributed by atoms with Crippen LogP contribution in [0.3, 0.4) is 0 Å². The molecule has 1 saturated heterocycles. The van der Waals surface area contributed by atoms with Gasteiger partial charge in [0.05, 0.1) is 6.10 Å². The van der Waals surface area contributed by atoms with E-state index in [1.165, 1.54) is 0 Å². The number of nitrogens with zero attached hydrogens (tertiary/aromatic N) is 1. The van der Waals surface area contributed by atoms with E-state index in [0.29, 0.717) is 10.5 Å². The van der Waals surface area contributed by atoms with Gasteiger partial charge in [0.15, 0.2) is 0 Å². The average Bonchev–Trinajstić information content (AvgIpc) is 2.33. The van der Waals surface area contributed by atoms with Crippen molar-refractivity contribution in [3.05, 3.63) is 29.6 Å². The quantitative estimate of drug-likeness (QED) is 0.894. The standard InChI is InChI=1S/C13H19NOS2/c1-8-4-5-11(6-14-8)13(15)12-7-16-9(2)10(3)17-12/h4-6,9-10,12-13,15H,7H2,1-3H3. The Balaban J connectivity index is 2.05. The van der Waals surface area contributed by atoms with Crippen LogP contribution in [-0.2, 0) is 0 Å². The van der Waals surface area contributed by atoms with E-state index in [9.17, 15) is 5.11 Å². The van der Waals surface area contributed by atoms with E-state index in [2.05, 4.69) is 18.8 Å². The molecule has 1 fully saturated rings. The highest BCUT2D eigenvalue weighted by Crippen LogP contribution is 2.40. The second-order valence-corrected chi connectivity index (χ2v) is 7.63. The molecule has 0 bridgehead atoms. The molecular formula is C13H19NOS2. The highest BCUT2D eigenvalue weighted by molar-refractivity contribution is 8.07. The largest absolute Gasteiger partial charge is 0.387 e. The van der Waals surface area contributed by atoms with E-state index < -0.39 is 6.10 Å². The van der Waals surface area contributed by atoms with Gasteiger partial charge >= 0.3 is 0 Å². The summed E-state index contributed by atoms with van der Waals surface area (Å²) in [5, 5.41) is 11.9. The van der Waals surface area contributed by atoms with Crippen LogP contribution in [0.25, 0.3) is 0 Å². The number of aryl methyl sites for hydroxylation is 1. The smallest absolute Gasteiger partial charge is 0.0931 e. The van der Waals surface area contributed by atoms with Gasteiger partial charge < -0.3 is 5.11 Å². The van der Waals surface area contributed by atoms with Crippen LogP contribution < -0.4 is 0 Å². The van der Waals surface area contributed by atoms with Gasteiger partial charge in [0.1, 0.15) is 0 Å². The monoisotopic (exact) mass is 269 g/mol. The van der Waals surface area contributed by atoms with Crippen LogP contribution in [-0.4, -0.2) is 31.6 Å².